The van der Waals surface area contributed by atoms with Gasteiger partial charge in [-0.1, -0.05) is 25.7 Å². The predicted octanol–water partition coefficient (Wildman–Crippen LogP) is 2.17. The van der Waals surface area contributed by atoms with Gasteiger partial charge in [-0.05, 0) is 32.6 Å². The average Bonchev–Trinajstić information content (AvgIpc) is 3.01. The van der Waals surface area contributed by atoms with Crippen LogP contribution in [-0.2, 0) is 11.3 Å². The van der Waals surface area contributed by atoms with Crippen molar-refractivity contribution in [1.82, 2.24) is 15.1 Å². The summed E-state index contributed by atoms with van der Waals surface area (Å²) in [4.78, 5) is 11.9. The molecule has 0 unspecified atom stereocenters. The lowest BCUT2D eigenvalue weighted by Gasteiger charge is -2.10. The first kappa shape index (κ1) is 14.9. The van der Waals surface area contributed by atoms with Crippen LogP contribution in [0.2, 0.25) is 0 Å². The second kappa shape index (κ2) is 6.77. The molecule has 1 saturated carbocycles. The quantitative estimate of drug-likeness (QED) is 0.783. The molecule has 5 nitrogen and oxygen atoms in total. The van der Waals surface area contributed by atoms with Crippen molar-refractivity contribution in [3.63, 3.8) is 0 Å². The van der Waals surface area contributed by atoms with Crippen molar-refractivity contribution in [3.8, 4) is 0 Å². The number of nitrogens with one attached hydrogen (secondary N) is 1. The fourth-order valence-corrected chi connectivity index (χ4v) is 2.97. The maximum atomic E-state index is 11.9. The van der Waals surface area contributed by atoms with Gasteiger partial charge in [-0.2, -0.15) is 5.10 Å². The minimum Gasteiger partial charge on any atom is -0.396 e. The van der Waals surface area contributed by atoms with Crippen LogP contribution in [0.1, 0.15) is 49.9 Å². The SMILES string of the molecule is Cc1nn(CC(=O)NCCCC2CCCC2)c(C)c1N. The lowest BCUT2D eigenvalue weighted by molar-refractivity contribution is -0.121. The largest absolute Gasteiger partial charge is 0.396 e. The van der Waals surface area contributed by atoms with Crippen LogP contribution in [0, 0.1) is 19.8 Å². The van der Waals surface area contributed by atoms with Gasteiger partial charge >= 0.3 is 0 Å². The summed E-state index contributed by atoms with van der Waals surface area (Å²) < 4.78 is 1.68. The number of rotatable bonds is 6. The molecule has 1 aromatic rings. The third-order valence-corrected chi connectivity index (χ3v) is 4.32. The van der Waals surface area contributed by atoms with Gasteiger partial charge in [0.15, 0.2) is 0 Å². The fourth-order valence-electron chi connectivity index (χ4n) is 2.97. The summed E-state index contributed by atoms with van der Waals surface area (Å²) in [6.45, 7) is 4.78. The number of amides is 1. The molecule has 5 heteroatoms. The molecule has 0 aliphatic heterocycles. The molecule has 0 bridgehead atoms. The van der Waals surface area contributed by atoms with E-state index >= 15 is 0 Å². The second-order valence-corrected chi connectivity index (χ2v) is 5.88. The van der Waals surface area contributed by atoms with E-state index in [0.717, 1.165) is 30.3 Å². The summed E-state index contributed by atoms with van der Waals surface area (Å²) in [6.07, 6.45) is 7.84. The highest BCUT2D eigenvalue weighted by Crippen LogP contribution is 2.28. The zero-order chi connectivity index (χ0) is 14.5. The van der Waals surface area contributed by atoms with Gasteiger partial charge in [0.2, 0.25) is 5.91 Å². The molecule has 0 saturated heterocycles. The van der Waals surface area contributed by atoms with Crippen LogP contribution in [0.5, 0.6) is 0 Å². The number of hydrogen-bond donors (Lipinski definition) is 2. The number of nitrogen functional groups attached to an aromatic ring is 1. The Morgan fingerprint density at radius 1 is 1.40 bits per heavy atom. The van der Waals surface area contributed by atoms with Gasteiger partial charge in [0.05, 0.1) is 17.1 Å². The lowest BCUT2D eigenvalue weighted by atomic mass is 10.0. The minimum atomic E-state index is 0.0158. The molecule has 1 aliphatic carbocycles. The van der Waals surface area contributed by atoms with E-state index in [0.29, 0.717) is 5.69 Å². The third-order valence-electron chi connectivity index (χ3n) is 4.32. The van der Waals surface area contributed by atoms with Crippen LogP contribution < -0.4 is 11.1 Å². The Morgan fingerprint density at radius 2 is 2.10 bits per heavy atom. The Kier molecular flexibility index (Phi) is 5.04. The maximum absolute atomic E-state index is 11.9. The van der Waals surface area contributed by atoms with Gasteiger partial charge < -0.3 is 11.1 Å². The summed E-state index contributed by atoms with van der Waals surface area (Å²) in [5.41, 5.74) is 8.19. The second-order valence-electron chi connectivity index (χ2n) is 5.88. The summed E-state index contributed by atoms with van der Waals surface area (Å²) in [7, 11) is 0. The van der Waals surface area contributed by atoms with E-state index in [9.17, 15) is 4.79 Å². The normalized spacial score (nSPS) is 15.7. The smallest absolute Gasteiger partial charge is 0.241 e. The first-order valence-electron chi connectivity index (χ1n) is 7.64. The van der Waals surface area contributed by atoms with E-state index in [2.05, 4.69) is 10.4 Å². The number of nitrogens with zero attached hydrogens (tertiary/aromatic N) is 2. The minimum absolute atomic E-state index is 0.0158. The van der Waals surface area contributed by atoms with Crippen molar-refractivity contribution in [1.29, 1.82) is 0 Å². The molecular formula is C15H26N4O. The number of carbonyl (C=O) groups excluding carboxylic acids is 1. The molecular weight excluding hydrogens is 252 g/mol. The Bertz CT molecular complexity index is 461. The van der Waals surface area contributed by atoms with Gasteiger partial charge in [0, 0.05) is 6.54 Å². The summed E-state index contributed by atoms with van der Waals surface area (Å²) in [5, 5.41) is 7.24. The Labute approximate surface area is 120 Å². The van der Waals surface area contributed by atoms with E-state index in [4.69, 9.17) is 5.73 Å². The van der Waals surface area contributed by atoms with Crippen LogP contribution in [0.4, 0.5) is 5.69 Å². The molecule has 2 rings (SSSR count). The molecule has 1 amide bonds. The molecule has 0 spiro atoms. The highest BCUT2D eigenvalue weighted by Gasteiger charge is 2.14. The van der Waals surface area contributed by atoms with Crippen molar-refractivity contribution < 1.29 is 4.79 Å². The number of nitrogens with two attached hydrogens (primary N) is 1. The van der Waals surface area contributed by atoms with Crippen molar-refractivity contribution in [2.24, 2.45) is 5.92 Å². The number of aromatic nitrogens is 2. The summed E-state index contributed by atoms with van der Waals surface area (Å²) >= 11 is 0. The van der Waals surface area contributed by atoms with Crippen LogP contribution in [0.15, 0.2) is 0 Å². The van der Waals surface area contributed by atoms with Gasteiger partial charge in [0.1, 0.15) is 6.54 Å². The topological polar surface area (TPSA) is 72.9 Å². The molecule has 1 heterocycles. The van der Waals surface area contributed by atoms with Gasteiger partial charge in [0.25, 0.3) is 0 Å². The maximum Gasteiger partial charge on any atom is 0.241 e. The highest BCUT2D eigenvalue weighted by atomic mass is 16.2. The highest BCUT2D eigenvalue weighted by molar-refractivity contribution is 5.75. The zero-order valence-electron chi connectivity index (χ0n) is 12.6. The lowest BCUT2D eigenvalue weighted by Crippen LogP contribution is -2.29. The molecule has 0 atom stereocenters. The number of carbonyl (C=O) groups is 1. The van der Waals surface area contributed by atoms with Crippen molar-refractivity contribution in [2.75, 3.05) is 12.3 Å². The summed E-state index contributed by atoms with van der Waals surface area (Å²) in [6, 6.07) is 0. The van der Waals surface area contributed by atoms with Crippen LogP contribution >= 0.6 is 0 Å². The molecule has 0 radical (unpaired) electrons. The van der Waals surface area contributed by atoms with Crippen molar-refractivity contribution in [3.05, 3.63) is 11.4 Å². The first-order chi connectivity index (χ1) is 9.58. The zero-order valence-corrected chi connectivity index (χ0v) is 12.6. The van der Waals surface area contributed by atoms with E-state index in [1.54, 1.807) is 4.68 Å². The monoisotopic (exact) mass is 278 g/mol. The van der Waals surface area contributed by atoms with E-state index in [-0.39, 0.29) is 12.5 Å². The Hall–Kier alpha value is -1.52. The molecule has 1 aliphatic rings. The first-order valence-corrected chi connectivity index (χ1v) is 7.64. The summed E-state index contributed by atoms with van der Waals surface area (Å²) in [5.74, 6) is 0.907. The average molecular weight is 278 g/mol. The van der Waals surface area contributed by atoms with E-state index in [1.807, 2.05) is 13.8 Å². The molecule has 1 fully saturated rings. The van der Waals surface area contributed by atoms with E-state index in [1.165, 1.54) is 32.1 Å². The van der Waals surface area contributed by atoms with Gasteiger partial charge in [-0.3, -0.25) is 9.48 Å². The van der Waals surface area contributed by atoms with Gasteiger partial charge in [-0.25, -0.2) is 0 Å². The molecule has 112 valence electrons. The Morgan fingerprint density at radius 3 is 2.70 bits per heavy atom. The van der Waals surface area contributed by atoms with Crippen molar-refractivity contribution >= 4 is 11.6 Å². The number of hydrogen-bond acceptors (Lipinski definition) is 3. The van der Waals surface area contributed by atoms with Crippen LogP contribution in [0.25, 0.3) is 0 Å². The van der Waals surface area contributed by atoms with Crippen LogP contribution in [-0.4, -0.2) is 22.2 Å². The molecule has 20 heavy (non-hydrogen) atoms. The molecule has 0 aromatic carbocycles. The van der Waals surface area contributed by atoms with Crippen molar-refractivity contribution in [2.45, 2.75) is 58.9 Å². The van der Waals surface area contributed by atoms with Gasteiger partial charge in [-0.15, -0.1) is 0 Å². The fraction of sp³-hybridized carbons (Fsp3) is 0.733. The number of anilines is 1. The standard InChI is InChI=1S/C15H26N4O/c1-11-15(16)12(2)19(18-11)10-14(20)17-9-5-8-13-6-3-4-7-13/h13H,3-10,16H2,1-2H3,(H,17,20). The molecule has 1 aromatic heterocycles. The predicted molar refractivity (Wildman–Crippen MR) is 80.3 cm³/mol. The third kappa shape index (κ3) is 3.74. The molecule has 3 N–H and O–H groups in total. The van der Waals surface area contributed by atoms with E-state index < -0.39 is 0 Å². The Balaban J connectivity index is 1.68. The number of aryl methyl sites for hydroxylation is 1. The van der Waals surface area contributed by atoms with Crippen LogP contribution in [0.3, 0.4) is 0 Å².